The summed E-state index contributed by atoms with van der Waals surface area (Å²) in [7, 11) is 0. The first-order valence-electron chi connectivity index (χ1n) is 7.26. The van der Waals surface area contributed by atoms with Crippen molar-refractivity contribution in [3.05, 3.63) is 54.1 Å². The average molecular weight is 313 g/mol. The quantitative estimate of drug-likeness (QED) is 0.487. The van der Waals surface area contributed by atoms with Gasteiger partial charge in [0.1, 0.15) is 17.5 Å². The van der Waals surface area contributed by atoms with Crippen LogP contribution in [-0.4, -0.2) is 28.4 Å². The third kappa shape index (κ3) is 4.74. The Morgan fingerprint density at radius 1 is 1.22 bits per heavy atom. The number of para-hydroxylation sites is 1. The van der Waals surface area contributed by atoms with E-state index in [9.17, 15) is 15.0 Å². The number of carbonyl (C=O) groups excluding carboxylic acids is 1. The molecule has 0 aliphatic heterocycles. The lowest BCUT2D eigenvalue weighted by Crippen LogP contribution is -2.36. The highest BCUT2D eigenvalue weighted by Gasteiger charge is 2.15. The SMILES string of the molecule is CCC(Nc1ccccc1)C(=O)N/N=C/c1ccc(O)cc1O. The van der Waals surface area contributed by atoms with E-state index in [-0.39, 0.29) is 17.4 Å². The molecule has 0 bridgehead atoms. The normalized spacial score (nSPS) is 12.0. The Kier molecular flexibility index (Phi) is 5.57. The fraction of sp³-hybridized carbons (Fsp3) is 0.176. The van der Waals surface area contributed by atoms with E-state index in [1.54, 1.807) is 0 Å². The van der Waals surface area contributed by atoms with Crippen LogP contribution in [0.25, 0.3) is 0 Å². The lowest BCUT2D eigenvalue weighted by molar-refractivity contribution is -0.121. The smallest absolute Gasteiger partial charge is 0.262 e. The maximum Gasteiger partial charge on any atom is 0.262 e. The molecule has 1 unspecified atom stereocenters. The molecule has 0 saturated heterocycles. The van der Waals surface area contributed by atoms with Crippen LogP contribution in [0.1, 0.15) is 18.9 Å². The molecule has 0 radical (unpaired) electrons. The number of aromatic hydroxyl groups is 2. The number of benzene rings is 2. The number of hydrazone groups is 1. The number of phenolic OH excluding ortho intramolecular Hbond substituents is 2. The lowest BCUT2D eigenvalue weighted by atomic mass is 10.2. The molecule has 0 heterocycles. The molecule has 0 fully saturated rings. The molecule has 120 valence electrons. The summed E-state index contributed by atoms with van der Waals surface area (Å²) >= 11 is 0. The molecule has 4 N–H and O–H groups in total. The topological polar surface area (TPSA) is 94.0 Å². The highest BCUT2D eigenvalue weighted by molar-refractivity contribution is 5.88. The number of nitrogens with one attached hydrogen (secondary N) is 2. The zero-order valence-electron chi connectivity index (χ0n) is 12.7. The van der Waals surface area contributed by atoms with Crippen LogP contribution in [0.5, 0.6) is 11.5 Å². The third-order valence-corrected chi connectivity index (χ3v) is 3.23. The molecule has 23 heavy (non-hydrogen) atoms. The molecule has 6 heteroatoms. The molecule has 2 aromatic carbocycles. The molecule has 1 atom stereocenters. The molecule has 0 aromatic heterocycles. The first-order chi connectivity index (χ1) is 11.1. The second kappa shape index (κ2) is 7.84. The number of phenols is 2. The van der Waals surface area contributed by atoms with E-state index in [1.165, 1.54) is 24.4 Å². The predicted octanol–water partition coefficient (Wildman–Crippen LogP) is 2.44. The molecule has 0 aliphatic carbocycles. The first-order valence-corrected chi connectivity index (χ1v) is 7.26. The number of amides is 1. The van der Waals surface area contributed by atoms with Gasteiger partial charge in [-0.25, -0.2) is 5.43 Å². The second-order valence-electron chi connectivity index (χ2n) is 4.95. The Hall–Kier alpha value is -3.02. The van der Waals surface area contributed by atoms with Gasteiger partial charge in [0.2, 0.25) is 0 Å². The van der Waals surface area contributed by atoms with E-state index >= 15 is 0 Å². The number of carbonyl (C=O) groups is 1. The minimum absolute atomic E-state index is 0.0400. The standard InChI is InChI=1S/C17H19N3O3/c1-2-15(19-13-6-4-3-5-7-13)17(23)20-18-11-12-8-9-14(21)10-16(12)22/h3-11,15,19,21-22H,2H2,1H3,(H,20,23)/b18-11+. The molecule has 0 aliphatic rings. The highest BCUT2D eigenvalue weighted by Crippen LogP contribution is 2.20. The van der Waals surface area contributed by atoms with Crippen LogP contribution in [-0.2, 0) is 4.79 Å². The van der Waals surface area contributed by atoms with Crippen molar-refractivity contribution in [1.29, 1.82) is 0 Å². The molecule has 0 spiro atoms. The van der Waals surface area contributed by atoms with Gasteiger partial charge in [-0.2, -0.15) is 5.10 Å². The van der Waals surface area contributed by atoms with Crippen molar-refractivity contribution in [1.82, 2.24) is 5.43 Å². The summed E-state index contributed by atoms with van der Waals surface area (Å²) in [6, 6.07) is 13.2. The van der Waals surface area contributed by atoms with Crippen molar-refractivity contribution in [3.8, 4) is 11.5 Å². The van der Waals surface area contributed by atoms with Gasteiger partial charge in [-0.1, -0.05) is 25.1 Å². The molecule has 0 saturated carbocycles. The van der Waals surface area contributed by atoms with Crippen LogP contribution in [0.2, 0.25) is 0 Å². The van der Waals surface area contributed by atoms with E-state index < -0.39 is 6.04 Å². The van der Waals surface area contributed by atoms with E-state index in [2.05, 4.69) is 15.8 Å². The zero-order valence-corrected chi connectivity index (χ0v) is 12.7. The summed E-state index contributed by atoms with van der Waals surface area (Å²) in [6.07, 6.45) is 1.92. The molecular formula is C17H19N3O3. The van der Waals surface area contributed by atoms with Crippen molar-refractivity contribution < 1.29 is 15.0 Å². The van der Waals surface area contributed by atoms with Crippen LogP contribution in [0.15, 0.2) is 53.6 Å². The van der Waals surface area contributed by atoms with Crippen molar-refractivity contribution in [2.45, 2.75) is 19.4 Å². The maximum absolute atomic E-state index is 12.1. The summed E-state index contributed by atoms with van der Waals surface area (Å²) in [6.45, 7) is 1.90. The third-order valence-electron chi connectivity index (χ3n) is 3.23. The molecular weight excluding hydrogens is 294 g/mol. The molecule has 1 amide bonds. The highest BCUT2D eigenvalue weighted by atomic mass is 16.3. The van der Waals surface area contributed by atoms with Crippen LogP contribution in [0.4, 0.5) is 5.69 Å². The van der Waals surface area contributed by atoms with Gasteiger partial charge in [-0.15, -0.1) is 0 Å². The number of hydrogen-bond donors (Lipinski definition) is 4. The lowest BCUT2D eigenvalue weighted by Gasteiger charge is -2.16. The van der Waals surface area contributed by atoms with E-state index in [0.717, 1.165) is 5.69 Å². The fourth-order valence-electron chi connectivity index (χ4n) is 1.97. The van der Waals surface area contributed by atoms with Crippen LogP contribution >= 0.6 is 0 Å². The van der Waals surface area contributed by atoms with Crippen LogP contribution in [0, 0.1) is 0 Å². The molecule has 6 nitrogen and oxygen atoms in total. The monoisotopic (exact) mass is 313 g/mol. The first kappa shape index (κ1) is 16.4. The Morgan fingerprint density at radius 3 is 2.61 bits per heavy atom. The minimum atomic E-state index is -0.414. The number of anilines is 1. The van der Waals surface area contributed by atoms with E-state index in [1.807, 2.05) is 37.3 Å². The summed E-state index contributed by atoms with van der Waals surface area (Å²) in [5, 5.41) is 25.8. The summed E-state index contributed by atoms with van der Waals surface area (Å²) in [4.78, 5) is 12.1. The fourth-order valence-corrected chi connectivity index (χ4v) is 1.97. The zero-order chi connectivity index (χ0) is 16.7. The number of hydrogen-bond acceptors (Lipinski definition) is 5. The Bertz CT molecular complexity index is 687. The largest absolute Gasteiger partial charge is 0.508 e. The summed E-state index contributed by atoms with van der Waals surface area (Å²) < 4.78 is 0. The van der Waals surface area contributed by atoms with E-state index in [0.29, 0.717) is 12.0 Å². The van der Waals surface area contributed by atoms with Crippen LogP contribution in [0.3, 0.4) is 0 Å². The van der Waals surface area contributed by atoms with Gasteiger partial charge in [0.15, 0.2) is 0 Å². The van der Waals surface area contributed by atoms with Gasteiger partial charge in [-0.3, -0.25) is 4.79 Å². The van der Waals surface area contributed by atoms with Gasteiger partial charge >= 0.3 is 0 Å². The summed E-state index contributed by atoms with van der Waals surface area (Å²) in [5.74, 6) is -0.426. The number of nitrogens with zero attached hydrogens (tertiary/aromatic N) is 1. The maximum atomic E-state index is 12.1. The van der Waals surface area contributed by atoms with Gasteiger partial charge < -0.3 is 15.5 Å². The van der Waals surface area contributed by atoms with Gasteiger partial charge in [-0.05, 0) is 30.7 Å². The van der Waals surface area contributed by atoms with Crippen molar-refractivity contribution in [2.75, 3.05) is 5.32 Å². The van der Waals surface area contributed by atoms with Crippen molar-refractivity contribution in [2.24, 2.45) is 5.10 Å². The van der Waals surface area contributed by atoms with Crippen LogP contribution < -0.4 is 10.7 Å². The Balaban J connectivity index is 1.95. The Morgan fingerprint density at radius 2 is 1.96 bits per heavy atom. The predicted molar refractivity (Wildman–Crippen MR) is 89.7 cm³/mol. The molecule has 2 rings (SSSR count). The van der Waals surface area contributed by atoms with Gasteiger partial charge in [0.05, 0.1) is 6.21 Å². The molecule has 2 aromatic rings. The van der Waals surface area contributed by atoms with Gasteiger partial charge in [0, 0.05) is 17.3 Å². The van der Waals surface area contributed by atoms with Crippen molar-refractivity contribution >= 4 is 17.8 Å². The average Bonchev–Trinajstić information content (AvgIpc) is 2.55. The Labute approximate surface area is 134 Å². The van der Waals surface area contributed by atoms with Gasteiger partial charge in [0.25, 0.3) is 5.91 Å². The summed E-state index contributed by atoms with van der Waals surface area (Å²) in [5.41, 5.74) is 3.69. The van der Waals surface area contributed by atoms with E-state index in [4.69, 9.17) is 0 Å². The second-order valence-corrected chi connectivity index (χ2v) is 4.95. The van der Waals surface area contributed by atoms with Crippen molar-refractivity contribution in [3.63, 3.8) is 0 Å². The minimum Gasteiger partial charge on any atom is -0.508 e. The number of rotatable bonds is 6.